The lowest BCUT2D eigenvalue weighted by Gasteiger charge is -2.26. The van der Waals surface area contributed by atoms with Crippen LogP contribution in [0, 0.1) is 0 Å². The number of methoxy groups -OCH3 is 1. The van der Waals surface area contributed by atoms with Gasteiger partial charge in [0.2, 0.25) is 5.91 Å². The number of benzene rings is 3. The van der Waals surface area contributed by atoms with Crippen LogP contribution in [0.1, 0.15) is 29.0 Å². The zero-order chi connectivity index (χ0) is 24.3. The molecule has 0 bridgehead atoms. The molecule has 1 saturated heterocycles. The van der Waals surface area contributed by atoms with Crippen molar-refractivity contribution in [3.8, 4) is 17.0 Å². The van der Waals surface area contributed by atoms with E-state index >= 15 is 0 Å². The highest BCUT2D eigenvalue weighted by molar-refractivity contribution is 6.10. The normalized spacial score (nSPS) is 23.1. The molecule has 0 radical (unpaired) electrons. The van der Waals surface area contributed by atoms with Crippen molar-refractivity contribution in [2.45, 2.75) is 24.3 Å². The molecule has 1 spiro atoms. The molecule has 7 nitrogen and oxygen atoms in total. The summed E-state index contributed by atoms with van der Waals surface area (Å²) in [6.45, 7) is 4.46. The SMILES string of the molecule is COc1ccc2c(c1)C1(CC1c1ccc3c(-c4cccc(CN5CCOCC5)c4)n[nH]c3c1)C(=O)N2. The topological polar surface area (TPSA) is 79.5 Å². The molecule has 3 aliphatic rings. The maximum absolute atomic E-state index is 13.0. The second-order valence-electron chi connectivity index (χ2n) is 10.1. The van der Waals surface area contributed by atoms with Gasteiger partial charge >= 0.3 is 0 Å². The first kappa shape index (κ1) is 21.6. The summed E-state index contributed by atoms with van der Waals surface area (Å²) in [5.41, 5.74) is 6.93. The Kier molecular flexibility index (Phi) is 4.91. The first-order valence-electron chi connectivity index (χ1n) is 12.5. The highest BCUT2D eigenvalue weighted by atomic mass is 16.5. The Morgan fingerprint density at radius 2 is 2.00 bits per heavy atom. The van der Waals surface area contributed by atoms with Crippen molar-refractivity contribution in [3.63, 3.8) is 0 Å². The first-order valence-corrected chi connectivity index (χ1v) is 12.5. The molecule has 2 atom stereocenters. The van der Waals surface area contributed by atoms with Gasteiger partial charge in [0.15, 0.2) is 0 Å². The van der Waals surface area contributed by atoms with E-state index in [1.165, 1.54) is 5.56 Å². The van der Waals surface area contributed by atoms with Gasteiger partial charge < -0.3 is 14.8 Å². The Bertz CT molecular complexity index is 1490. The molecule has 182 valence electrons. The fraction of sp³-hybridized carbons (Fsp3) is 0.310. The Hall–Kier alpha value is -3.68. The zero-order valence-corrected chi connectivity index (χ0v) is 20.2. The number of fused-ring (bicyclic) bond motifs is 3. The van der Waals surface area contributed by atoms with Crippen LogP contribution in [0.15, 0.2) is 60.7 Å². The average Bonchev–Trinajstić information content (AvgIpc) is 3.43. The number of carbonyl (C=O) groups is 1. The fourth-order valence-corrected chi connectivity index (χ4v) is 6.01. The first-order chi connectivity index (χ1) is 17.7. The fourth-order valence-electron chi connectivity index (χ4n) is 6.01. The van der Waals surface area contributed by atoms with E-state index in [1.54, 1.807) is 7.11 Å². The van der Waals surface area contributed by atoms with E-state index in [0.717, 1.165) is 84.0 Å². The number of ether oxygens (including phenoxy) is 2. The summed E-state index contributed by atoms with van der Waals surface area (Å²) in [6.07, 6.45) is 0.801. The number of nitrogens with one attached hydrogen (secondary N) is 2. The number of hydrogen-bond acceptors (Lipinski definition) is 5. The molecule has 1 aliphatic carbocycles. The van der Waals surface area contributed by atoms with E-state index < -0.39 is 5.41 Å². The third-order valence-corrected chi connectivity index (χ3v) is 8.02. The number of anilines is 1. The summed E-state index contributed by atoms with van der Waals surface area (Å²) < 4.78 is 10.9. The van der Waals surface area contributed by atoms with E-state index in [0.29, 0.717) is 0 Å². The predicted molar refractivity (Wildman–Crippen MR) is 138 cm³/mol. The van der Waals surface area contributed by atoms with Crippen molar-refractivity contribution in [2.24, 2.45) is 0 Å². The third kappa shape index (κ3) is 3.34. The summed E-state index contributed by atoms with van der Waals surface area (Å²) in [5, 5.41) is 12.1. The van der Waals surface area contributed by atoms with Crippen molar-refractivity contribution >= 4 is 22.5 Å². The van der Waals surface area contributed by atoms with Gasteiger partial charge in [0.25, 0.3) is 0 Å². The van der Waals surface area contributed by atoms with Gasteiger partial charge in [-0.2, -0.15) is 5.10 Å². The summed E-state index contributed by atoms with van der Waals surface area (Å²) in [5.74, 6) is 0.997. The van der Waals surface area contributed by atoms with Crippen LogP contribution in [0.2, 0.25) is 0 Å². The molecule has 2 fully saturated rings. The molecule has 2 N–H and O–H groups in total. The molecule has 1 aromatic heterocycles. The van der Waals surface area contributed by atoms with Gasteiger partial charge in [-0.15, -0.1) is 0 Å². The van der Waals surface area contributed by atoms with Crippen LogP contribution in [0.25, 0.3) is 22.2 Å². The minimum absolute atomic E-state index is 0.0817. The summed E-state index contributed by atoms with van der Waals surface area (Å²) >= 11 is 0. The summed E-state index contributed by atoms with van der Waals surface area (Å²) in [7, 11) is 1.66. The van der Waals surface area contributed by atoms with Gasteiger partial charge in [0, 0.05) is 42.2 Å². The second kappa shape index (κ2) is 8.18. The number of aromatic nitrogens is 2. The molecule has 36 heavy (non-hydrogen) atoms. The van der Waals surface area contributed by atoms with E-state index in [9.17, 15) is 4.79 Å². The van der Waals surface area contributed by atoms with E-state index in [2.05, 4.69) is 62.9 Å². The number of H-pyrrole nitrogens is 1. The molecular weight excluding hydrogens is 452 g/mol. The quantitative estimate of drug-likeness (QED) is 0.441. The summed E-state index contributed by atoms with van der Waals surface area (Å²) in [4.78, 5) is 15.5. The van der Waals surface area contributed by atoms with E-state index in [4.69, 9.17) is 9.47 Å². The van der Waals surface area contributed by atoms with Gasteiger partial charge in [-0.25, -0.2) is 0 Å². The molecule has 3 aromatic carbocycles. The average molecular weight is 481 g/mol. The van der Waals surface area contributed by atoms with Crippen molar-refractivity contribution < 1.29 is 14.3 Å². The van der Waals surface area contributed by atoms with Gasteiger partial charge in [0.1, 0.15) is 5.75 Å². The molecule has 2 unspecified atom stereocenters. The molecule has 1 saturated carbocycles. The second-order valence-corrected chi connectivity index (χ2v) is 10.1. The van der Waals surface area contributed by atoms with Crippen LogP contribution in [-0.2, 0) is 21.5 Å². The van der Waals surface area contributed by atoms with Crippen LogP contribution in [0.5, 0.6) is 5.75 Å². The Morgan fingerprint density at radius 1 is 1.11 bits per heavy atom. The number of carbonyl (C=O) groups excluding carboxylic acids is 1. The number of morpholine rings is 1. The van der Waals surface area contributed by atoms with Crippen molar-refractivity contribution in [3.05, 3.63) is 77.4 Å². The van der Waals surface area contributed by atoms with Crippen LogP contribution in [0.4, 0.5) is 5.69 Å². The smallest absolute Gasteiger partial charge is 0.235 e. The van der Waals surface area contributed by atoms with Gasteiger partial charge in [-0.3, -0.25) is 14.8 Å². The van der Waals surface area contributed by atoms with E-state index in [-0.39, 0.29) is 11.8 Å². The third-order valence-electron chi connectivity index (χ3n) is 8.02. The Labute approximate surface area is 209 Å². The van der Waals surface area contributed by atoms with E-state index in [1.807, 2.05) is 18.2 Å². The minimum Gasteiger partial charge on any atom is -0.497 e. The largest absolute Gasteiger partial charge is 0.497 e. The maximum Gasteiger partial charge on any atom is 0.235 e. The maximum atomic E-state index is 13.0. The lowest BCUT2D eigenvalue weighted by atomic mass is 9.91. The molecule has 1 amide bonds. The van der Waals surface area contributed by atoms with Gasteiger partial charge in [-0.1, -0.05) is 30.3 Å². The van der Waals surface area contributed by atoms with Crippen LogP contribution >= 0.6 is 0 Å². The zero-order valence-electron chi connectivity index (χ0n) is 20.2. The number of hydrogen-bond donors (Lipinski definition) is 2. The monoisotopic (exact) mass is 480 g/mol. The number of nitrogens with zero attached hydrogens (tertiary/aromatic N) is 2. The molecule has 7 rings (SSSR count). The lowest BCUT2D eigenvalue weighted by Crippen LogP contribution is -2.35. The standard InChI is InChI=1S/C29H28N4O3/c1-35-21-6-8-25-23(15-21)29(28(34)30-25)16-24(29)19-5-7-22-26(14-19)31-32-27(22)20-4-2-3-18(13-20)17-33-9-11-36-12-10-33/h2-8,13-15,24H,9-12,16-17H2,1H3,(H,30,34)(H,31,32). The number of rotatable bonds is 5. The minimum atomic E-state index is -0.506. The van der Waals surface area contributed by atoms with Crippen LogP contribution in [0.3, 0.4) is 0 Å². The lowest BCUT2D eigenvalue weighted by molar-refractivity contribution is -0.118. The highest BCUT2D eigenvalue weighted by Gasteiger charge is 2.65. The molecule has 7 heteroatoms. The molecule has 2 aliphatic heterocycles. The van der Waals surface area contributed by atoms with Crippen LogP contribution in [-0.4, -0.2) is 54.4 Å². The Balaban J connectivity index is 1.18. The predicted octanol–water partition coefficient (Wildman–Crippen LogP) is 4.45. The van der Waals surface area contributed by atoms with Gasteiger partial charge in [-0.05, 0) is 53.4 Å². The highest BCUT2D eigenvalue weighted by Crippen LogP contribution is 2.65. The molecular formula is C29H28N4O3. The summed E-state index contributed by atoms with van der Waals surface area (Å²) in [6, 6.07) is 20.9. The van der Waals surface area contributed by atoms with Crippen LogP contribution < -0.4 is 10.1 Å². The van der Waals surface area contributed by atoms with Gasteiger partial charge in [0.05, 0.1) is 36.9 Å². The van der Waals surface area contributed by atoms with Crippen molar-refractivity contribution in [1.82, 2.24) is 15.1 Å². The number of aromatic amines is 1. The Morgan fingerprint density at radius 3 is 2.86 bits per heavy atom. The van der Waals surface area contributed by atoms with Crippen molar-refractivity contribution in [1.29, 1.82) is 0 Å². The molecule has 3 heterocycles. The molecule has 4 aromatic rings. The van der Waals surface area contributed by atoms with Crippen molar-refractivity contribution in [2.75, 3.05) is 38.7 Å². The number of amides is 1.